The monoisotopic (exact) mass is 272 g/mol. The Labute approximate surface area is 104 Å². The fourth-order valence-electron chi connectivity index (χ4n) is 1.30. The van der Waals surface area contributed by atoms with Crippen LogP contribution in [0, 0.1) is 0 Å². The first-order valence-electron chi connectivity index (χ1n) is 5.00. The van der Waals surface area contributed by atoms with Gasteiger partial charge in [-0.3, -0.25) is 4.79 Å². The lowest BCUT2D eigenvalue weighted by Gasteiger charge is -2.01. The molecular weight excluding hydrogens is 265 g/mol. The second-order valence-corrected chi connectivity index (χ2v) is 3.58. The lowest BCUT2D eigenvalue weighted by Crippen LogP contribution is -2.11. The molecule has 0 fully saturated rings. The molecule has 1 aromatic carbocycles. The van der Waals surface area contributed by atoms with E-state index in [4.69, 9.17) is 0 Å². The molecule has 0 aliphatic rings. The second kappa shape index (κ2) is 4.63. The molecule has 0 aliphatic carbocycles. The normalized spacial score (nSPS) is 11.3. The number of hydrogen-bond donors (Lipinski definition) is 2. The first-order chi connectivity index (χ1) is 8.86. The minimum atomic E-state index is -4.67. The van der Waals surface area contributed by atoms with Crippen LogP contribution in [0.3, 0.4) is 0 Å². The van der Waals surface area contributed by atoms with Crippen molar-refractivity contribution >= 4 is 11.7 Å². The molecule has 1 heterocycles. The van der Waals surface area contributed by atoms with E-state index in [9.17, 15) is 23.1 Å². The predicted octanol–water partition coefficient (Wildman–Crippen LogP) is 2.65. The summed E-state index contributed by atoms with van der Waals surface area (Å²) in [6.07, 6.45) is -4.67. The van der Waals surface area contributed by atoms with E-state index in [2.05, 4.69) is 15.0 Å². The summed E-state index contributed by atoms with van der Waals surface area (Å²) in [5, 5.41) is 14.4. The van der Waals surface area contributed by atoms with Crippen molar-refractivity contribution in [1.29, 1.82) is 0 Å². The van der Waals surface area contributed by atoms with Crippen LogP contribution in [0.5, 0.6) is 5.75 Å². The molecular formula is C11H7F3N2O3. The Morgan fingerprint density at radius 1 is 1.32 bits per heavy atom. The van der Waals surface area contributed by atoms with Crippen LogP contribution >= 0.6 is 0 Å². The van der Waals surface area contributed by atoms with Gasteiger partial charge in [-0.1, -0.05) is 11.2 Å². The zero-order valence-corrected chi connectivity index (χ0v) is 9.23. The van der Waals surface area contributed by atoms with Gasteiger partial charge in [-0.25, -0.2) is 0 Å². The Bertz CT molecular complexity index is 607. The molecule has 19 heavy (non-hydrogen) atoms. The Balaban J connectivity index is 2.13. The van der Waals surface area contributed by atoms with Crippen LogP contribution in [0.15, 0.2) is 34.9 Å². The van der Waals surface area contributed by atoms with Crippen LogP contribution in [-0.4, -0.2) is 16.2 Å². The number of hydrogen-bond acceptors (Lipinski definition) is 4. The molecule has 0 saturated carbocycles. The second-order valence-electron chi connectivity index (χ2n) is 3.58. The maximum absolute atomic E-state index is 12.2. The minimum Gasteiger partial charge on any atom is -0.508 e. The predicted molar refractivity (Wildman–Crippen MR) is 57.6 cm³/mol. The number of amides is 1. The van der Waals surface area contributed by atoms with E-state index in [1.165, 1.54) is 24.3 Å². The van der Waals surface area contributed by atoms with Gasteiger partial charge in [-0.15, -0.1) is 0 Å². The Morgan fingerprint density at radius 2 is 2.05 bits per heavy atom. The topological polar surface area (TPSA) is 75.4 Å². The lowest BCUT2D eigenvalue weighted by molar-refractivity contribution is -0.155. The lowest BCUT2D eigenvalue weighted by atomic mass is 10.2. The summed E-state index contributed by atoms with van der Waals surface area (Å²) in [5.74, 6) is -2.51. The number of nitrogens with zero attached hydrogens (tertiary/aromatic N) is 1. The van der Waals surface area contributed by atoms with E-state index >= 15 is 0 Å². The highest BCUT2D eigenvalue weighted by atomic mass is 19.4. The Hall–Kier alpha value is -2.51. The number of anilines is 1. The minimum absolute atomic E-state index is 0.0801. The number of carbonyl (C=O) groups is 1. The number of halogens is 3. The molecule has 100 valence electrons. The van der Waals surface area contributed by atoms with Gasteiger partial charge in [0, 0.05) is 11.6 Å². The van der Waals surface area contributed by atoms with Crippen molar-refractivity contribution < 1.29 is 27.6 Å². The van der Waals surface area contributed by atoms with Crippen LogP contribution in [0.25, 0.3) is 0 Å². The van der Waals surface area contributed by atoms with Crippen LogP contribution in [0.1, 0.15) is 16.1 Å². The van der Waals surface area contributed by atoms with Gasteiger partial charge in [0.15, 0.2) is 5.82 Å². The number of phenols is 1. The zero-order chi connectivity index (χ0) is 14.0. The maximum atomic E-state index is 12.2. The first-order valence-corrected chi connectivity index (χ1v) is 5.00. The highest BCUT2D eigenvalue weighted by Gasteiger charge is 2.36. The molecule has 2 rings (SSSR count). The summed E-state index contributed by atoms with van der Waals surface area (Å²) in [6, 6.07) is 5.91. The van der Waals surface area contributed by atoms with Crippen molar-refractivity contribution in [3.63, 3.8) is 0 Å². The summed E-state index contributed by atoms with van der Waals surface area (Å²) in [4.78, 5) is 11.6. The van der Waals surface area contributed by atoms with Crippen molar-refractivity contribution in [2.24, 2.45) is 0 Å². The number of phenolic OH excluding ortho intramolecular Hbond substituents is 1. The summed E-state index contributed by atoms with van der Waals surface area (Å²) >= 11 is 0. The molecule has 0 unspecified atom stereocenters. The molecule has 1 aromatic heterocycles. The zero-order valence-electron chi connectivity index (χ0n) is 9.23. The molecule has 0 radical (unpaired) electrons. The summed E-state index contributed by atoms with van der Waals surface area (Å²) < 4.78 is 40.8. The van der Waals surface area contributed by atoms with E-state index in [1.54, 1.807) is 0 Å². The number of aromatic nitrogens is 1. The van der Waals surface area contributed by atoms with E-state index in [1.807, 2.05) is 0 Å². The number of nitrogens with one attached hydrogen (secondary N) is 1. The first kappa shape index (κ1) is 12.9. The number of alkyl halides is 3. The van der Waals surface area contributed by atoms with Gasteiger partial charge in [0.1, 0.15) is 5.75 Å². The third kappa shape index (κ3) is 3.03. The van der Waals surface area contributed by atoms with Crippen molar-refractivity contribution in [2.45, 2.75) is 6.18 Å². The summed E-state index contributed by atoms with van der Waals surface area (Å²) in [6.45, 7) is 0. The van der Waals surface area contributed by atoms with E-state index in [0.717, 1.165) is 0 Å². The standard InChI is InChI=1S/C11H7F3N2O3/c12-11(13,14)8-5-9(16-19-8)15-10(18)6-2-1-3-7(17)4-6/h1-5,17H,(H,15,16,18). The number of benzene rings is 1. The summed E-state index contributed by atoms with van der Waals surface area (Å²) in [7, 11) is 0. The molecule has 2 N–H and O–H groups in total. The van der Waals surface area contributed by atoms with Gasteiger partial charge in [-0.05, 0) is 18.2 Å². The summed E-state index contributed by atoms with van der Waals surface area (Å²) in [5.41, 5.74) is 0.0801. The fourth-order valence-corrected chi connectivity index (χ4v) is 1.30. The molecule has 2 aromatic rings. The van der Waals surface area contributed by atoms with Gasteiger partial charge < -0.3 is 14.9 Å². The van der Waals surface area contributed by atoms with Crippen LogP contribution < -0.4 is 5.32 Å². The number of aromatic hydroxyl groups is 1. The van der Waals surface area contributed by atoms with Crippen molar-refractivity contribution in [3.05, 3.63) is 41.7 Å². The largest absolute Gasteiger partial charge is 0.508 e. The van der Waals surface area contributed by atoms with Crippen LogP contribution in [0.2, 0.25) is 0 Å². The van der Waals surface area contributed by atoms with E-state index in [0.29, 0.717) is 6.07 Å². The third-order valence-corrected chi connectivity index (χ3v) is 2.14. The molecule has 1 amide bonds. The average Bonchev–Trinajstić information content (AvgIpc) is 2.77. The van der Waals surface area contributed by atoms with Crippen LogP contribution in [-0.2, 0) is 6.18 Å². The van der Waals surface area contributed by atoms with Gasteiger partial charge in [0.25, 0.3) is 5.91 Å². The highest BCUT2D eigenvalue weighted by molar-refractivity contribution is 6.03. The van der Waals surface area contributed by atoms with Gasteiger partial charge >= 0.3 is 6.18 Å². The molecule has 8 heteroatoms. The Morgan fingerprint density at radius 3 is 2.63 bits per heavy atom. The fraction of sp³-hybridized carbons (Fsp3) is 0.0909. The van der Waals surface area contributed by atoms with E-state index in [-0.39, 0.29) is 17.1 Å². The van der Waals surface area contributed by atoms with Gasteiger partial charge in [0.2, 0.25) is 5.76 Å². The van der Waals surface area contributed by atoms with Crippen LogP contribution in [0.4, 0.5) is 19.0 Å². The SMILES string of the molecule is O=C(Nc1cc(C(F)(F)F)on1)c1cccc(O)c1. The highest BCUT2D eigenvalue weighted by Crippen LogP contribution is 2.30. The molecule has 0 atom stereocenters. The smallest absolute Gasteiger partial charge is 0.452 e. The number of carbonyl (C=O) groups excluding carboxylic acids is 1. The molecule has 5 nitrogen and oxygen atoms in total. The molecule has 0 aliphatic heterocycles. The quantitative estimate of drug-likeness (QED) is 0.881. The molecule has 0 bridgehead atoms. The Kier molecular flexibility index (Phi) is 3.16. The average molecular weight is 272 g/mol. The maximum Gasteiger partial charge on any atom is 0.452 e. The van der Waals surface area contributed by atoms with Gasteiger partial charge in [0.05, 0.1) is 0 Å². The number of rotatable bonds is 2. The molecule has 0 spiro atoms. The third-order valence-electron chi connectivity index (χ3n) is 2.14. The van der Waals surface area contributed by atoms with Crippen molar-refractivity contribution in [3.8, 4) is 5.75 Å². The van der Waals surface area contributed by atoms with Gasteiger partial charge in [-0.2, -0.15) is 13.2 Å². The van der Waals surface area contributed by atoms with E-state index < -0.39 is 17.8 Å². The van der Waals surface area contributed by atoms with Crippen molar-refractivity contribution in [2.75, 3.05) is 5.32 Å². The molecule has 0 saturated heterocycles. The van der Waals surface area contributed by atoms with Crippen molar-refractivity contribution in [1.82, 2.24) is 5.16 Å².